The van der Waals surface area contributed by atoms with E-state index in [0.29, 0.717) is 10.6 Å². The SMILES string of the molecule is O=C(c1ccc(Cl)cc1)N(Cc1ccccc1)[C@H]1CS(=O)(=O)C[C@H]1O. The summed E-state index contributed by atoms with van der Waals surface area (Å²) in [5.74, 6) is -0.890. The molecule has 0 saturated carbocycles. The molecule has 2 aromatic rings. The lowest BCUT2D eigenvalue weighted by molar-refractivity contribution is 0.0480. The van der Waals surface area contributed by atoms with Gasteiger partial charge in [0.05, 0.1) is 23.7 Å². The van der Waals surface area contributed by atoms with Crippen LogP contribution in [-0.2, 0) is 16.4 Å². The van der Waals surface area contributed by atoms with Crippen molar-refractivity contribution in [2.75, 3.05) is 11.5 Å². The Morgan fingerprint density at radius 1 is 1.08 bits per heavy atom. The summed E-state index contributed by atoms with van der Waals surface area (Å²) in [6, 6.07) is 14.9. The van der Waals surface area contributed by atoms with Gasteiger partial charge in [-0.05, 0) is 29.8 Å². The molecule has 0 aliphatic carbocycles. The normalized spacial score (nSPS) is 21.8. The molecule has 0 spiro atoms. The maximum atomic E-state index is 13.0. The van der Waals surface area contributed by atoms with Crippen LogP contribution in [0.5, 0.6) is 0 Å². The van der Waals surface area contributed by atoms with Crippen LogP contribution < -0.4 is 0 Å². The van der Waals surface area contributed by atoms with Crippen LogP contribution in [0.3, 0.4) is 0 Å². The van der Waals surface area contributed by atoms with Gasteiger partial charge in [0.1, 0.15) is 0 Å². The highest BCUT2D eigenvalue weighted by Crippen LogP contribution is 2.23. The van der Waals surface area contributed by atoms with Gasteiger partial charge in [0.2, 0.25) is 0 Å². The number of amides is 1. The first-order valence-corrected chi connectivity index (χ1v) is 10.0. The molecule has 132 valence electrons. The molecule has 0 aromatic heterocycles. The highest BCUT2D eigenvalue weighted by molar-refractivity contribution is 7.91. The molecule has 7 heteroatoms. The number of aliphatic hydroxyl groups is 1. The molecule has 1 aliphatic rings. The zero-order valence-corrected chi connectivity index (χ0v) is 14.9. The highest BCUT2D eigenvalue weighted by Gasteiger charge is 2.42. The van der Waals surface area contributed by atoms with E-state index in [1.54, 1.807) is 24.3 Å². The zero-order valence-electron chi connectivity index (χ0n) is 13.4. The van der Waals surface area contributed by atoms with Gasteiger partial charge in [-0.3, -0.25) is 4.79 Å². The molecule has 1 fully saturated rings. The van der Waals surface area contributed by atoms with Crippen LogP contribution in [0, 0.1) is 0 Å². The summed E-state index contributed by atoms with van der Waals surface area (Å²) in [6.45, 7) is 0.222. The second-order valence-electron chi connectivity index (χ2n) is 6.14. The van der Waals surface area contributed by atoms with E-state index in [9.17, 15) is 18.3 Å². The number of aliphatic hydroxyl groups excluding tert-OH is 1. The second kappa shape index (κ2) is 7.15. The van der Waals surface area contributed by atoms with Crippen molar-refractivity contribution in [1.29, 1.82) is 0 Å². The number of nitrogens with zero attached hydrogens (tertiary/aromatic N) is 1. The summed E-state index contributed by atoms with van der Waals surface area (Å²) in [5.41, 5.74) is 1.26. The number of sulfone groups is 1. The molecule has 0 radical (unpaired) electrons. The Morgan fingerprint density at radius 2 is 1.72 bits per heavy atom. The van der Waals surface area contributed by atoms with Gasteiger partial charge in [-0.25, -0.2) is 8.42 Å². The lowest BCUT2D eigenvalue weighted by Crippen LogP contribution is -2.46. The van der Waals surface area contributed by atoms with Crippen LogP contribution in [-0.4, -0.2) is 48.0 Å². The largest absolute Gasteiger partial charge is 0.390 e. The molecule has 1 N–H and O–H groups in total. The molecule has 1 aliphatic heterocycles. The van der Waals surface area contributed by atoms with Gasteiger partial charge in [0.15, 0.2) is 9.84 Å². The Morgan fingerprint density at radius 3 is 2.28 bits per heavy atom. The van der Waals surface area contributed by atoms with E-state index >= 15 is 0 Å². The first kappa shape index (κ1) is 17.9. The number of hydrogen-bond acceptors (Lipinski definition) is 4. The topological polar surface area (TPSA) is 74.7 Å². The van der Waals surface area contributed by atoms with Crippen molar-refractivity contribution < 1.29 is 18.3 Å². The fourth-order valence-electron chi connectivity index (χ4n) is 2.99. The predicted octanol–water partition coefficient (Wildman–Crippen LogP) is 2.14. The lowest BCUT2D eigenvalue weighted by atomic mass is 10.1. The maximum absolute atomic E-state index is 13.0. The van der Waals surface area contributed by atoms with Crippen LogP contribution in [0.1, 0.15) is 15.9 Å². The molecule has 1 heterocycles. The summed E-state index contributed by atoms with van der Waals surface area (Å²) >= 11 is 5.87. The first-order valence-electron chi connectivity index (χ1n) is 7.85. The fraction of sp³-hybridized carbons (Fsp3) is 0.278. The van der Waals surface area contributed by atoms with Crippen molar-refractivity contribution in [2.45, 2.75) is 18.7 Å². The molecule has 0 unspecified atom stereocenters. The zero-order chi connectivity index (χ0) is 18.0. The third kappa shape index (κ3) is 4.21. The number of carbonyl (C=O) groups excluding carboxylic acids is 1. The number of halogens is 1. The van der Waals surface area contributed by atoms with Crippen LogP contribution in [0.15, 0.2) is 54.6 Å². The summed E-state index contributed by atoms with van der Waals surface area (Å²) in [5, 5.41) is 10.7. The van der Waals surface area contributed by atoms with Crippen molar-refractivity contribution >= 4 is 27.3 Å². The van der Waals surface area contributed by atoms with E-state index in [2.05, 4.69) is 0 Å². The van der Waals surface area contributed by atoms with Gasteiger partial charge in [0, 0.05) is 17.1 Å². The van der Waals surface area contributed by atoms with Crippen molar-refractivity contribution in [1.82, 2.24) is 4.90 Å². The molecule has 1 saturated heterocycles. The summed E-state index contributed by atoms with van der Waals surface area (Å²) < 4.78 is 23.8. The van der Waals surface area contributed by atoms with E-state index in [-0.39, 0.29) is 24.0 Å². The monoisotopic (exact) mass is 379 g/mol. The van der Waals surface area contributed by atoms with Crippen molar-refractivity contribution in [3.63, 3.8) is 0 Å². The van der Waals surface area contributed by atoms with Crippen molar-refractivity contribution in [3.05, 3.63) is 70.7 Å². The molecule has 5 nitrogen and oxygen atoms in total. The van der Waals surface area contributed by atoms with Crippen LogP contribution in [0.4, 0.5) is 0 Å². The molecule has 3 rings (SSSR count). The smallest absolute Gasteiger partial charge is 0.254 e. The second-order valence-corrected chi connectivity index (χ2v) is 8.73. The summed E-state index contributed by atoms with van der Waals surface area (Å²) in [4.78, 5) is 14.4. The Kier molecular flexibility index (Phi) is 5.13. The van der Waals surface area contributed by atoms with Gasteiger partial charge in [0.25, 0.3) is 5.91 Å². The minimum absolute atomic E-state index is 0.222. The average molecular weight is 380 g/mol. The summed E-state index contributed by atoms with van der Waals surface area (Å²) in [7, 11) is -3.37. The molecule has 1 amide bonds. The van der Waals surface area contributed by atoms with Crippen molar-refractivity contribution in [2.24, 2.45) is 0 Å². The number of rotatable bonds is 4. The average Bonchev–Trinajstić information content (AvgIpc) is 2.86. The third-order valence-corrected chi connectivity index (χ3v) is 6.19. The van der Waals surface area contributed by atoms with E-state index in [1.165, 1.54) is 4.90 Å². The van der Waals surface area contributed by atoms with E-state index in [1.807, 2.05) is 30.3 Å². The number of hydrogen-bond donors (Lipinski definition) is 1. The number of benzene rings is 2. The van der Waals surface area contributed by atoms with Gasteiger partial charge >= 0.3 is 0 Å². The van der Waals surface area contributed by atoms with Crippen LogP contribution in [0.2, 0.25) is 5.02 Å². The Bertz CT molecular complexity index is 852. The minimum Gasteiger partial charge on any atom is -0.390 e. The minimum atomic E-state index is -3.37. The van der Waals surface area contributed by atoms with Gasteiger partial charge < -0.3 is 10.0 Å². The summed E-state index contributed by atoms with van der Waals surface area (Å²) in [6.07, 6.45) is -1.09. The van der Waals surface area contributed by atoms with Gasteiger partial charge in [-0.1, -0.05) is 41.9 Å². The molecule has 2 atom stereocenters. The van der Waals surface area contributed by atoms with Gasteiger partial charge in [-0.15, -0.1) is 0 Å². The predicted molar refractivity (Wildman–Crippen MR) is 96.2 cm³/mol. The molecule has 25 heavy (non-hydrogen) atoms. The van der Waals surface area contributed by atoms with E-state index in [4.69, 9.17) is 11.6 Å². The molecule has 2 aromatic carbocycles. The van der Waals surface area contributed by atoms with E-state index in [0.717, 1.165) is 5.56 Å². The standard InChI is InChI=1S/C18H18ClNO4S/c19-15-8-6-14(7-9-15)18(22)20(10-13-4-2-1-3-5-13)16-11-25(23,24)12-17(16)21/h1-9,16-17,21H,10-12H2/t16-,17+/m0/s1. The number of carbonyl (C=O) groups is 1. The van der Waals surface area contributed by atoms with Crippen LogP contribution >= 0.6 is 11.6 Å². The highest BCUT2D eigenvalue weighted by atomic mass is 35.5. The Hall–Kier alpha value is -1.89. The van der Waals surface area contributed by atoms with Gasteiger partial charge in [-0.2, -0.15) is 0 Å². The van der Waals surface area contributed by atoms with Crippen molar-refractivity contribution in [3.8, 4) is 0 Å². The third-order valence-electron chi connectivity index (χ3n) is 4.24. The molecular formula is C18H18ClNO4S. The molecular weight excluding hydrogens is 362 g/mol. The first-order chi connectivity index (χ1) is 11.9. The quantitative estimate of drug-likeness (QED) is 0.883. The van der Waals surface area contributed by atoms with E-state index < -0.39 is 22.0 Å². The molecule has 0 bridgehead atoms. The maximum Gasteiger partial charge on any atom is 0.254 e. The Labute approximate surface area is 151 Å². The van der Waals surface area contributed by atoms with Crippen LogP contribution in [0.25, 0.3) is 0 Å². The fourth-order valence-corrected chi connectivity index (χ4v) is 4.91. The lowest BCUT2D eigenvalue weighted by Gasteiger charge is -2.30. The Balaban J connectivity index is 1.94.